The monoisotopic (exact) mass is 1630 g/mol. The Balaban J connectivity index is 1.08. The number of nitrogens with one attached hydrogen (secondary N) is 12. The van der Waals surface area contributed by atoms with Gasteiger partial charge in [-0.05, 0) is 174 Å². The van der Waals surface area contributed by atoms with Crippen LogP contribution in [0.5, 0.6) is 0 Å². The Kier molecular flexibility index (Phi) is 33.2. The number of carbonyl (C=O) groups is 15. The third-order valence-corrected chi connectivity index (χ3v) is 21.4. The number of hydrogen-bond acceptors (Lipinski definition) is 16. The van der Waals surface area contributed by atoms with Gasteiger partial charge in [0.15, 0.2) is 0 Å². The third kappa shape index (κ3) is 25.3. The lowest BCUT2D eigenvalue weighted by Gasteiger charge is -2.37. The molecule has 3 aliphatic heterocycles. The molecule has 0 aromatic heterocycles. The molecule has 31 nitrogen and oxygen atoms in total. The van der Waals surface area contributed by atoms with Crippen molar-refractivity contribution in [3.63, 3.8) is 0 Å². The van der Waals surface area contributed by atoms with Crippen molar-refractivity contribution < 1.29 is 77.0 Å². The van der Waals surface area contributed by atoms with Crippen LogP contribution >= 0.6 is 0 Å². The summed E-state index contributed by atoms with van der Waals surface area (Å²) in [7, 11) is 0. The van der Waals surface area contributed by atoms with Gasteiger partial charge in [0.05, 0.1) is 19.1 Å². The SMILES string of the molecule is CC(=O)NC(C)(C)C(=O)N[C@@H](CC(=O)NC(c1ccccc1)(c1ccccc1)c1ccccc1)C(=O)N[C@@H](CC(C)C)C(=O)NC(C)(C)C(=O)N1CCC[C@H]1C(=O)N[C@@H](C)C(=O)N[C@H](C(=O)NC(C)(C)C(=O)N1CCC[C@H]1C(=O)NC(C)(C)C(=O)N[C@@H](CC(C)C)C(=O)NC(C)(C)C(=O)N1CCC[C@H]1C(=O)N[C@H](CO)CC(C)C)C(C)C. The van der Waals surface area contributed by atoms with E-state index >= 15 is 0 Å². The predicted octanol–water partition coefficient (Wildman–Crippen LogP) is 3.67. The van der Waals surface area contributed by atoms with Gasteiger partial charge in [-0.1, -0.05) is 146 Å². The second kappa shape index (κ2) is 40.7. The van der Waals surface area contributed by atoms with Crippen molar-refractivity contribution in [2.24, 2.45) is 23.7 Å². The highest BCUT2D eigenvalue weighted by molar-refractivity contribution is 6.03. The van der Waals surface area contributed by atoms with Crippen molar-refractivity contribution in [1.29, 1.82) is 0 Å². The van der Waals surface area contributed by atoms with Crippen molar-refractivity contribution in [2.45, 2.75) is 290 Å². The molecule has 644 valence electrons. The Morgan fingerprint density at radius 3 is 1.12 bits per heavy atom. The Morgan fingerprint density at radius 2 is 0.744 bits per heavy atom. The van der Waals surface area contributed by atoms with Crippen LogP contribution < -0.4 is 63.8 Å². The van der Waals surface area contributed by atoms with Crippen LogP contribution in [-0.2, 0) is 77.5 Å². The molecule has 0 spiro atoms. The standard InChI is InChI=1S/C86H129N15O16/c1-50(2)45-59(49-102)88-73(110)64-40-31-43-100(64)79(116)84(17,18)96-71(108)61(47-52(5)6)90-77(114)82(13,14)97-74(111)65-41-32-44-101(65)80(117)85(19,20)98-75(112)67(53(7)8)92-68(105)54(9)87-72(109)63-39-30-42-99(63)78(115)83(15,16)95-70(107)60(46-51(3)4)89-69(106)62(91-76(113)81(11,12)93-55(10)103)48-66(104)94-86(56-33-24-21-25-34-56,57-35-26-22-27-36-57)58-37-28-23-29-38-58/h21-29,33-38,50-54,59-65,67,102H,30-32,39-49H2,1-20H3,(H,87,109)(H,88,110)(H,89,106)(H,90,114)(H,91,113)(H,92,105)(H,93,103)(H,94,104)(H,95,107)(H,96,108)(H,97,111)(H,98,112)/t54-,59-,60-,61-,62-,63-,64-,65-,67-/m0/s1. The highest BCUT2D eigenvalue weighted by Gasteiger charge is 2.49. The number of carbonyl (C=O) groups excluding carboxylic acids is 15. The molecule has 15 amide bonds. The fourth-order valence-electron chi connectivity index (χ4n) is 15.2. The van der Waals surface area contributed by atoms with E-state index in [2.05, 4.69) is 63.8 Å². The minimum absolute atomic E-state index is 0.0121. The minimum Gasteiger partial charge on any atom is -0.394 e. The van der Waals surface area contributed by atoms with Gasteiger partial charge in [0.2, 0.25) is 88.6 Å². The first-order chi connectivity index (χ1) is 54.5. The number of likely N-dealkylation sites (tertiary alicyclic amines) is 3. The lowest BCUT2D eigenvalue weighted by molar-refractivity contribution is -0.146. The Morgan fingerprint density at radius 1 is 0.385 bits per heavy atom. The zero-order valence-electron chi connectivity index (χ0n) is 72.0. The molecule has 31 heteroatoms. The van der Waals surface area contributed by atoms with Crippen molar-refractivity contribution in [3.05, 3.63) is 108 Å². The van der Waals surface area contributed by atoms with E-state index in [9.17, 15) is 77.0 Å². The van der Waals surface area contributed by atoms with E-state index in [0.29, 0.717) is 48.8 Å². The van der Waals surface area contributed by atoms with Crippen LogP contribution in [0.4, 0.5) is 0 Å². The first-order valence-electron chi connectivity index (χ1n) is 40.9. The smallest absolute Gasteiger partial charge is 0.248 e. The molecule has 3 heterocycles. The summed E-state index contributed by atoms with van der Waals surface area (Å²) in [6.07, 6.45) is 2.06. The Hall–Kier alpha value is -10.3. The maximum absolute atomic E-state index is 14.9. The fourth-order valence-corrected chi connectivity index (χ4v) is 15.2. The third-order valence-electron chi connectivity index (χ3n) is 21.4. The average molecular weight is 1630 g/mol. The number of nitrogens with zero attached hydrogens (tertiary/aromatic N) is 3. The van der Waals surface area contributed by atoms with Gasteiger partial charge >= 0.3 is 0 Å². The number of hydrogen-bond donors (Lipinski definition) is 13. The molecule has 0 aliphatic carbocycles. The molecule has 117 heavy (non-hydrogen) atoms. The second-order valence-electron chi connectivity index (χ2n) is 35.7. The molecular weight excluding hydrogens is 1500 g/mol. The first-order valence-corrected chi connectivity index (χ1v) is 40.9. The van der Waals surface area contributed by atoms with E-state index in [1.54, 1.807) is 27.7 Å². The van der Waals surface area contributed by atoms with Crippen LogP contribution in [-0.4, -0.2) is 217 Å². The first kappa shape index (κ1) is 95.5. The average Bonchev–Trinajstić information content (AvgIpc) is 1.75. The Labute approximate surface area is 688 Å². The van der Waals surface area contributed by atoms with Gasteiger partial charge in [0.25, 0.3) is 0 Å². The van der Waals surface area contributed by atoms with Gasteiger partial charge in [0.1, 0.15) is 81.6 Å². The minimum atomic E-state index is -1.74. The van der Waals surface area contributed by atoms with Gasteiger partial charge in [-0.25, -0.2) is 0 Å². The van der Waals surface area contributed by atoms with Gasteiger partial charge in [-0.3, -0.25) is 71.9 Å². The summed E-state index contributed by atoms with van der Waals surface area (Å²) in [5.74, 6) is -11.2. The summed E-state index contributed by atoms with van der Waals surface area (Å²) >= 11 is 0. The van der Waals surface area contributed by atoms with Crippen molar-refractivity contribution in [1.82, 2.24) is 78.5 Å². The molecule has 0 bridgehead atoms. The number of benzene rings is 3. The molecule has 0 unspecified atom stereocenters. The van der Waals surface area contributed by atoms with Crippen LogP contribution in [0.1, 0.15) is 219 Å². The van der Waals surface area contributed by atoms with Crippen LogP contribution in [0.3, 0.4) is 0 Å². The quantitative estimate of drug-likeness (QED) is 0.0364. The number of aliphatic hydroxyl groups excluding tert-OH is 1. The van der Waals surface area contributed by atoms with Crippen LogP contribution in [0, 0.1) is 23.7 Å². The van der Waals surface area contributed by atoms with Crippen LogP contribution in [0.25, 0.3) is 0 Å². The van der Waals surface area contributed by atoms with Crippen molar-refractivity contribution in [2.75, 3.05) is 26.2 Å². The highest BCUT2D eigenvalue weighted by Crippen LogP contribution is 2.37. The zero-order chi connectivity index (χ0) is 87.6. The molecule has 3 fully saturated rings. The largest absolute Gasteiger partial charge is 0.394 e. The Bertz CT molecular complexity index is 3960. The summed E-state index contributed by atoms with van der Waals surface area (Å²) < 4.78 is 0. The molecule has 9 atom stereocenters. The van der Waals surface area contributed by atoms with Crippen LogP contribution in [0.15, 0.2) is 91.0 Å². The lowest BCUT2D eigenvalue weighted by atomic mass is 9.77. The molecule has 3 saturated heterocycles. The van der Waals surface area contributed by atoms with E-state index in [1.165, 1.54) is 97.8 Å². The maximum atomic E-state index is 14.9. The van der Waals surface area contributed by atoms with E-state index in [-0.39, 0.29) is 69.7 Å². The van der Waals surface area contributed by atoms with Gasteiger partial charge in [0, 0.05) is 26.6 Å². The fraction of sp³-hybridized carbons (Fsp3) is 0.616. The summed E-state index contributed by atoms with van der Waals surface area (Å²) in [4.78, 5) is 217. The molecule has 3 aliphatic rings. The van der Waals surface area contributed by atoms with Crippen LogP contribution in [0.2, 0.25) is 0 Å². The highest BCUT2D eigenvalue weighted by atomic mass is 16.3. The van der Waals surface area contributed by atoms with Gasteiger partial charge in [-0.2, -0.15) is 0 Å². The number of rotatable bonds is 38. The summed E-state index contributed by atoms with van der Waals surface area (Å²) in [5, 5.41) is 43.2. The molecular formula is C86H129N15O16. The van der Waals surface area contributed by atoms with E-state index in [1.807, 2.05) is 119 Å². The van der Waals surface area contributed by atoms with E-state index in [4.69, 9.17) is 0 Å². The normalized spacial score (nSPS) is 17.6. The van der Waals surface area contributed by atoms with Gasteiger partial charge < -0.3 is 83.6 Å². The second-order valence-corrected chi connectivity index (χ2v) is 35.7. The molecule has 0 radical (unpaired) electrons. The van der Waals surface area contributed by atoms with Gasteiger partial charge in [-0.15, -0.1) is 0 Å². The molecule has 0 saturated carbocycles. The molecule has 6 rings (SSSR count). The lowest BCUT2D eigenvalue weighted by Crippen LogP contribution is -2.65. The molecule has 3 aromatic rings. The topological polar surface area (TPSA) is 430 Å². The summed E-state index contributed by atoms with van der Waals surface area (Å²) in [5.41, 5.74) is -7.52. The van der Waals surface area contributed by atoms with Crippen molar-refractivity contribution in [3.8, 4) is 0 Å². The number of amides is 15. The summed E-state index contributed by atoms with van der Waals surface area (Å²) in [6, 6.07) is 17.3. The zero-order valence-corrected chi connectivity index (χ0v) is 72.0. The maximum Gasteiger partial charge on any atom is 0.248 e. The van der Waals surface area contributed by atoms with Crippen molar-refractivity contribution >= 4 is 88.6 Å². The summed E-state index contributed by atoms with van der Waals surface area (Å²) in [6.45, 7) is 31.8. The van der Waals surface area contributed by atoms with E-state index < -0.39 is 189 Å². The molecule has 13 N–H and O–H groups in total. The predicted molar refractivity (Wildman–Crippen MR) is 441 cm³/mol. The van der Waals surface area contributed by atoms with E-state index in [0.717, 1.165) is 0 Å². The molecule has 3 aromatic carbocycles. The number of aliphatic hydroxyl groups is 1.